The zero-order chi connectivity index (χ0) is 19.8. The van der Waals surface area contributed by atoms with Crippen molar-refractivity contribution in [3.63, 3.8) is 0 Å². The number of methoxy groups -OCH3 is 1. The van der Waals surface area contributed by atoms with Gasteiger partial charge in [0.2, 0.25) is 0 Å². The number of amidine groups is 1. The molecule has 1 atom stereocenters. The van der Waals surface area contributed by atoms with Gasteiger partial charge >= 0.3 is 0 Å². The largest absolute Gasteiger partial charge is 0.368 e. The lowest BCUT2D eigenvalue weighted by atomic mass is 10.1. The minimum atomic E-state index is -1.65. The standard InChI is InChI=1S/C18H15FN8O2/c1-28-18(6-7-18)15-22-17(23-29-15)25-10-21-14-11-4-2-3-5-12(11)26-13(27(14)25)8-24(9-20)16(26)19/h2-5,8,16H,6-7,10H2,1H3. The van der Waals surface area contributed by atoms with Gasteiger partial charge in [0, 0.05) is 12.7 Å². The Morgan fingerprint density at radius 3 is 2.93 bits per heavy atom. The van der Waals surface area contributed by atoms with E-state index >= 15 is 4.39 Å². The summed E-state index contributed by atoms with van der Waals surface area (Å²) in [6, 6.07) is 7.37. The number of aliphatic imine (C=N–C) groups is 1. The summed E-state index contributed by atoms with van der Waals surface area (Å²) in [7, 11) is 1.62. The Bertz CT molecular complexity index is 1120. The summed E-state index contributed by atoms with van der Waals surface area (Å²) in [5.41, 5.74) is 0.892. The maximum absolute atomic E-state index is 15.0. The second kappa shape index (κ2) is 5.45. The fourth-order valence-electron chi connectivity index (χ4n) is 3.91. The first kappa shape index (κ1) is 16.3. The molecule has 1 fully saturated rings. The van der Waals surface area contributed by atoms with Gasteiger partial charge < -0.3 is 9.26 Å². The van der Waals surface area contributed by atoms with E-state index in [1.807, 2.05) is 24.4 Å². The van der Waals surface area contributed by atoms with Crippen LogP contribution in [0, 0.1) is 11.5 Å². The molecule has 3 aliphatic heterocycles. The highest BCUT2D eigenvalue weighted by atomic mass is 19.1. The lowest BCUT2D eigenvalue weighted by Gasteiger charge is -2.39. The third kappa shape index (κ3) is 2.03. The molecule has 1 saturated carbocycles. The van der Waals surface area contributed by atoms with Gasteiger partial charge in [-0.3, -0.25) is 4.90 Å². The second-order valence-electron chi connectivity index (χ2n) is 7.12. The van der Waals surface area contributed by atoms with Crippen LogP contribution in [0.4, 0.5) is 16.0 Å². The fraction of sp³-hybridized carbons (Fsp3) is 0.333. The van der Waals surface area contributed by atoms with Gasteiger partial charge in [-0.1, -0.05) is 12.1 Å². The number of aromatic nitrogens is 2. The van der Waals surface area contributed by atoms with Crippen LogP contribution in [0.15, 0.2) is 45.8 Å². The number of hydrazine groups is 1. The summed E-state index contributed by atoms with van der Waals surface area (Å²) in [5.74, 6) is 1.80. The number of fused-ring (bicyclic) bond motifs is 6. The Labute approximate surface area is 164 Å². The van der Waals surface area contributed by atoms with Gasteiger partial charge in [0.05, 0.1) is 11.9 Å². The van der Waals surface area contributed by atoms with Crippen molar-refractivity contribution in [2.24, 2.45) is 4.99 Å². The van der Waals surface area contributed by atoms with Crippen molar-refractivity contribution in [2.45, 2.75) is 24.9 Å². The zero-order valence-corrected chi connectivity index (χ0v) is 15.4. The van der Waals surface area contributed by atoms with Gasteiger partial charge in [-0.2, -0.15) is 14.6 Å². The van der Waals surface area contributed by atoms with E-state index in [9.17, 15) is 5.26 Å². The summed E-state index contributed by atoms with van der Waals surface area (Å²) < 4.78 is 26.0. The molecule has 0 spiro atoms. The van der Waals surface area contributed by atoms with E-state index in [0.717, 1.165) is 23.3 Å². The number of nitriles is 1. The molecular weight excluding hydrogens is 379 g/mol. The van der Waals surface area contributed by atoms with E-state index in [4.69, 9.17) is 9.26 Å². The van der Waals surface area contributed by atoms with Crippen molar-refractivity contribution in [3.05, 3.63) is 47.7 Å². The Morgan fingerprint density at radius 2 is 2.17 bits per heavy atom. The number of nitrogens with zero attached hydrogens (tertiary/aromatic N) is 8. The number of anilines is 2. The van der Waals surface area contributed by atoms with Gasteiger partial charge in [-0.25, -0.2) is 19.9 Å². The molecule has 11 heteroatoms. The Balaban J connectivity index is 1.45. The third-order valence-corrected chi connectivity index (χ3v) is 5.61. The van der Waals surface area contributed by atoms with Crippen LogP contribution in [0.2, 0.25) is 0 Å². The number of hydrogen-bond acceptors (Lipinski definition) is 10. The maximum atomic E-state index is 15.0. The molecule has 1 aliphatic carbocycles. The number of rotatable bonds is 3. The summed E-state index contributed by atoms with van der Waals surface area (Å²) >= 11 is 0. The smallest absolute Gasteiger partial charge is 0.287 e. The monoisotopic (exact) mass is 394 g/mol. The van der Waals surface area contributed by atoms with Crippen molar-refractivity contribution in [1.82, 2.24) is 20.0 Å². The molecule has 0 N–H and O–H groups in total. The van der Waals surface area contributed by atoms with Crippen LogP contribution in [0.3, 0.4) is 0 Å². The number of alkyl halides is 1. The van der Waals surface area contributed by atoms with Crippen molar-refractivity contribution in [3.8, 4) is 6.19 Å². The van der Waals surface area contributed by atoms with E-state index in [0.29, 0.717) is 29.2 Å². The molecular formula is C18H15FN8O2. The molecule has 1 unspecified atom stereocenters. The number of para-hydroxylation sites is 1. The normalized spacial score (nSPS) is 23.3. The number of benzene rings is 1. The fourth-order valence-corrected chi connectivity index (χ4v) is 3.91. The summed E-state index contributed by atoms with van der Waals surface area (Å²) in [6.45, 7) is 0.233. The van der Waals surface area contributed by atoms with Crippen molar-refractivity contribution in [2.75, 3.05) is 23.7 Å². The van der Waals surface area contributed by atoms with Gasteiger partial charge in [0.15, 0.2) is 17.8 Å². The van der Waals surface area contributed by atoms with Crippen molar-refractivity contribution in [1.29, 1.82) is 5.26 Å². The molecule has 6 rings (SSSR count). The summed E-state index contributed by atoms with van der Waals surface area (Å²) in [6.07, 6.45) is 3.31. The molecule has 4 heterocycles. The topological polar surface area (TPSA) is 97.3 Å². The first-order valence-electron chi connectivity index (χ1n) is 9.11. The first-order chi connectivity index (χ1) is 14.2. The molecule has 29 heavy (non-hydrogen) atoms. The van der Waals surface area contributed by atoms with Gasteiger partial charge in [-0.15, -0.1) is 0 Å². The highest BCUT2D eigenvalue weighted by molar-refractivity contribution is 6.09. The average Bonchev–Trinajstić information content (AvgIpc) is 3.08. The molecule has 0 radical (unpaired) electrons. The molecule has 0 amide bonds. The van der Waals surface area contributed by atoms with Crippen LogP contribution in [0.5, 0.6) is 0 Å². The highest BCUT2D eigenvalue weighted by Gasteiger charge is 2.52. The van der Waals surface area contributed by atoms with Crippen molar-refractivity contribution >= 4 is 17.5 Å². The van der Waals surface area contributed by atoms with Crippen LogP contribution in [-0.2, 0) is 10.3 Å². The highest BCUT2D eigenvalue weighted by Crippen LogP contribution is 2.48. The van der Waals surface area contributed by atoms with E-state index < -0.39 is 12.0 Å². The van der Waals surface area contributed by atoms with Crippen LogP contribution in [0.25, 0.3) is 0 Å². The van der Waals surface area contributed by atoms with Crippen LogP contribution < -0.4 is 9.91 Å². The lowest BCUT2D eigenvalue weighted by molar-refractivity contribution is 0.0492. The molecule has 146 valence electrons. The molecule has 0 bridgehead atoms. The van der Waals surface area contributed by atoms with Crippen LogP contribution in [-0.4, -0.2) is 46.1 Å². The predicted octanol–water partition coefficient (Wildman–Crippen LogP) is 1.82. The Hall–Kier alpha value is -3.65. The molecule has 0 saturated heterocycles. The van der Waals surface area contributed by atoms with Crippen LogP contribution in [0.1, 0.15) is 24.3 Å². The lowest BCUT2D eigenvalue weighted by Crippen LogP contribution is -2.51. The van der Waals surface area contributed by atoms with Gasteiger partial charge in [-0.05, 0) is 30.1 Å². The molecule has 4 aliphatic rings. The van der Waals surface area contributed by atoms with Crippen molar-refractivity contribution < 1.29 is 13.7 Å². The SMILES string of the molecule is COC1(c2nc(N3CN=C4c5ccccc5N5C(=CN(C#N)C5F)N43)no2)CC1. The zero-order valence-electron chi connectivity index (χ0n) is 15.4. The van der Waals surface area contributed by atoms with Gasteiger partial charge in [0.25, 0.3) is 18.3 Å². The molecule has 1 aromatic carbocycles. The minimum Gasteiger partial charge on any atom is -0.368 e. The number of ether oxygens (including phenoxy) is 1. The van der Waals surface area contributed by atoms with E-state index in [1.165, 1.54) is 11.1 Å². The summed E-state index contributed by atoms with van der Waals surface area (Å²) in [5, 5.41) is 16.8. The summed E-state index contributed by atoms with van der Waals surface area (Å²) in [4.78, 5) is 11.5. The molecule has 1 aromatic heterocycles. The van der Waals surface area contributed by atoms with E-state index in [-0.39, 0.29) is 6.67 Å². The minimum absolute atomic E-state index is 0.233. The second-order valence-corrected chi connectivity index (χ2v) is 7.12. The van der Waals surface area contributed by atoms with E-state index in [2.05, 4.69) is 15.1 Å². The molecule has 2 aromatic rings. The number of halogens is 1. The Morgan fingerprint density at radius 1 is 1.34 bits per heavy atom. The average molecular weight is 394 g/mol. The van der Waals surface area contributed by atoms with Crippen LogP contribution >= 0.6 is 0 Å². The number of hydrogen-bond donors (Lipinski definition) is 0. The van der Waals surface area contributed by atoms with E-state index in [1.54, 1.807) is 23.2 Å². The van der Waals surface area contributed by atoms with Gasteiger partial charge in [0.1, 0.15) is 12.3 Å². The Kier molecular flexibility index (Phi) is 3.07. The third-order valence-electron chi connectivity index (χ3n) is 5.61. The quantitative estimate of drug-likeness (QED) is 0.570. The molecule has 10 nitrogen and oxygen atoms in total. The predicted molar refractivity (Wildman–Crippen MR) is 97.3 cm³/mol. The maximum Gasteiger partial charge on any atom is 0.287 e. The first-order valence-corrected chi connectivity index (χ1v) is 9.11.